The van der Waals surface area contributed by atoms with Crippen LogP contribution >= 0.6 is 0 Å². The molecule has 1 aliphatic carbocycles. The predicted octanol–water partition coefficient (Wildman–Crippen LogP) is 5.12. The first-order chi connectivity index (χ1) is 9.71. The molecule has 0 spiro atoms. The molecule has 1 rings (SSSR count). The summed E-state index contributed by atoms with van der Waals surface area (Å²) >= 11 is 0. The number of hydrogen-bond acceptors (Lipinski definition) is 0. The highest BCUT2D eigenvalue weighted by molar-refractivity contribution is 6.43. The topological polar surface area (TPSA) is 0 Å². The maximum Gasteiger partial charge on any atom is 0.148 e. The van der Waals surface area contributed by atoms with Gasteiger partial charge in [-0.15, -0.1) is 12.1 Å². The highest BCUT2D eigenvalue weighted by atomic mass is 14.1. The minimum Gasteiger partial charge on any atom is -0.112 e. The van der Waals surface area contributed by atoms with Crippen molar-refractivity contribution in [2.24, 2.45) is 5.92 Å². The molecule has 1 heteroatoms. The van der Waals surface area contributed by atoms with Crippen LogP contribution in [0.5, 0.6) is 0 Å². The summed E-state index contributed by atoms with van der Waals surface area (Å²) in [6.45, 7) is 12.1. The van der Waals surface area contributed by atoms with Gasteiger partial charge in [0, 0.05) is 0 Å². The first-order valence-electron chi connectivity index (χ1n) is 7.38. The Balaban J connectivity index is 2.93. The Morgan fingerprint density at radius 3 is 2.90 bits per heavy atom. The molecule has 0 saturated heterocycles. The van der Waals surface area contributed by atoms with Gasteiger partial charge in [0.25, 0.3) is 0 Å². The Kier molecular flexibility index (Phi) is 7.50. The number of hydrogen-bond donors (Lipinski definition) is 0. The second kappa shape index (κ2) is 9.20. The molecule has 104 valence electrons. The van der Waals surface area contributed by atoms with E-state index in [2.05, 4.69) is 68.6 Å². The molecule has 1 unspecified atom stereocenters. The molecule has 0 N–H and O–H groups in total. The average Bonchev–Trinajstić information content (AvgIpc) is 2.42. The lowest BCUT2D eigenvalue weighted by Gasteiger charge is -2.12. The van der Waals surface area contributed by atoms with Crippen LogP contribution in [0.4, 0.5) is 0 Å². The third-order valence-corrected chi connectivity index (χ3v) is 3.38. The third kappa shape index (κ3) is 5.48. The highest BCUT2D eigenvalue weighted by Crippen LogP contribution is 2.21. The lowest BCUT2D eigenvalue weighted by atomic mass is 9.70. The first kappa shape index (κ1) is 16.3. The molecule has 0 fully saturated rings. The van der Waals surface area contributed by atoms with Gasteiger partial charge in [-0.05, 0) is 36.8 Å². The van der Waals surface area contributed by atoms with E-state index in [1.807, 2.05) is 13.0 Å². The molecule has 1 aliphatic rings. The normalized spacial score (nSPS) is 23.6. The van der Waals surface area contributed by atoms with Gasteiger partial charge >= 0.3 is 0 Å². The van der Waals surface area contributed by atoms with Gasteiger partial charge in [-0.2, -0.15) is 0 Å². The van der Waals surface area contributed by atoms with Gasteiger partial charge in [-0.3, -0.25) is 0 Å². The lowest BCUT2D eigenvalue weighted by molar-refractivity contribution is 0.816. The summed E-state index contributed by atoms with van der Waals surface area (Å²) < 4.78 is 0. The van der Waals surface area contributed by atoms with Crippen molar-refractivity contribution in [2.75, 3.05) is 0 Å². The molecule has 0 saturated carbocycles. The summed E-state index contributed by atoms with van der Waals surface area (Å²) in [5, 5.41) is 0. The van der Waals surface area contributed by atoms with E-state index in [0.29, 0.717) is 5.92 Å². The summed E-state index contributed by atoms with van der Waals surface area (Å²) in [6.07, 6.45) is 21.4. The maximum absolute atomic E-state index is 4.12. The molecular weight excluding hydrogens is 239 g/mol. The average molecular weight is 264 g/mol. The third-order valence-electron chi connectivity index (χ3n) is 3.38. The smallest absolute Gasteiger partial charge is 0.112 e. The van der Waals surface area contributed by atoms with Crippen molar-refractivity contribution in [3.8, 4) is 0 Å². The summed E-state index contributed by atoms with van der Waals surface area (Å²) in [4.78, 5) is 0. The zero-order chi connectivity index (χ0) is 14.8. The van der Waals surface area contributed by atoms with Gasteiger partial charge in [-0.25, -0.2) is 0 Å². The van der Waals surface area contributed by atoms with Crippen LogP contribution < -0.4 is 0 Å². The fourth-order valence-corrected chi connectivity index (χ4v) is 2.19. The van der Waals surface area contributed by atoms with Crippen molar-refractivity contribution in [3.63, 3.8) is 0 Å². The quantitative estimate of drug-likeness (QED) is 0.355. The molecule has 0 heterocycles. The van der Waals surface area contributed by atoms with E-state index in [1.165, 1.54) is 16.6 Å². The van der Waals surface area contributed by atoms with E-state index < -0.39 is 0 Å². The Labute approximate surface area is 124 Å². The molecule has 0 bridgehead atoms. The minimum atomic E-state index is 0.460. The fourth-order valence-electron chi connectivity index (χ4n) is 2.19. The predicted molar refractivity (Wildman–Crippen MR) is 94.3 cm³/mol. The molecular formula is C19H25B. The van der Waals surface area contributed by atoms with Gasteiger partial charge in [0.05, 0.1) is 0 Å². The summed E-state index contributed by atoms with van der Waals surface area (Å²) in [7, 11) is 1.06. The van der Waals surface area contributed by atoms with Gasteiger partial charge in [0.1, 0.15) is 7.28 Å². The second-order valence-electron chi connectivity index (χ2n) is 5.01. The van der Waals surface area contributed by atoms with E-state index in [-0.39, 0.29) is 0 Å². The highest BCUT2D eigenvalue weighted by Gasteiger charge is 2.05. The van der Waals surface area contributed by atoms with E-state index >= 15 is 0 Å². The standard InChI is InChI=1S/C19H25B/c1-5-9-18(10-6-2)19-12-8-7-11-17(13-14-19)15-16(3)20-4/h5-7,9-14,17,20H,1,3,8,15H2,2,4H3/b10-6-,11-7?,14-13-,18-9+,19-12+. The van der Waals surface area contributed by atoms with Crippen LogP contribution in [0.25, 0.3) is 0 Å². The van der Waals surface area contributed by atoms with E-state index in [1.54, 1.807) is 0 Å². The Morgan fingerprint density at radius 2 is 2.25 bits per heavy atom. The Bertz CT molecular complexity index is 484. The van der Waals surface area contributed by atoms with E-state index in [0.717, 1.165) is 20.1 Å². The van der Waals surface area contributed by atoms with Crippen molar-refractivity contribution in [1.29, 1.82) is 0 Å². The van der Waals surface area contributed by atoms with Crippen molar-refractivity contribution >= 4 is 7.28 Å². The van der Waals surface area contributed by atoms with Crippen LogP contribution in [0.15, 0.2) is 84.5 Å². The van der Waals surface area contributed by atoms with Crippen LogP contribution in [0.3, 0.4) is 0 Å². The lowest BCUT2D eigenvalue weighted by Crippen LogP contribution is -1.99. The number of rotatable bonds is 6. The second-order valence-corrected chi connectivity index (χ2v) is 5.01. The summed E-state index contributed by atoms with van der Waals surface area (Å²) in [5.41, 5.74) is 3.78. The minimum absolute atomic E-state index is 0.460. The van der Waals surface area contributed by atoms with Crippen LogP contribution in [-0.4, -0.2) is 7.28 Å². The van der Waals surface area contributed by atoms with Crippen molar-refractivity contribution in [2.45, 2.75) is 26.6 Å². The van der Waals surface area contributed by atoms with Gasteiger partial charge in [-0.1, -0.05) is 68.1 Å². The molecule has 0 aliphatic heterocycles. The maximum atomic E-state index is 4.12. The number of allylic oxidation sites excluding steroid dienone is 12. The molecule has 20 heavy (non-hydrogen) atoms. The van der Waals surface area contributed by atoms with E-state index in [4.69, 9.17) is 0 Å². The zero-order valence-corrected chi connectivity index (χ0v) is 12.8. The van der Waals surface area contributed by atoms with Crippen LogP contribution in [0.2, 0.25) is 6.82 Å². The van der Waals surface area contributed by atoms with E-state index in [9.17, 15) is 0 Å². The largest absolute Gasteiger partial charge is 0.148 e. The first-order valence-corrected chi connectivity index (χ1v) is 7.38. The van der Waals surface area contributed by atoms with Gasteiger partial charge in [0.15, 0.2) is 0 Å². The molecule has 0 aromatic rings. The fraction of sp³-hybridized carbons (Fsp3) is 0.263. The van der Waals surface area contributed by atoms with Gasteiger partial charge in [0.2, 0.25) is 0 Å². The summed E-state index contributed by atoms with van der Waals surface area (Å²) in [5.74, 6) is 0.460. The molecule has 0 radical (unpaired) electrons. The molecule has 0 aromatic heterocycles. The van der Waals surface area contributed by atoms with Crippen molar-refractivity contribution in [3.05, 3.63) is 84.5 Å². The summed E-state index contributed by atoms with van der Waals surface area (Å²) in [6, 6.07) is 0. The van der Waals surface area contributed by atoms with Gasteiger partial charge < -0.3 is 0 Å². The zero-order valence-electron chi connectivity index (χ0n) is 12.8. The van der Waals surface area contributed by atoms with Crippen LogP contribution in [0.1, 0.15) is 19.8 Å². The molecule has 0 nitrogen and oxygen atoms in total. The van der Waals surface area contributed by atoms with Crippen molar-refractivity contribution < 1.29 is 0 Å². The Hall–Kier alpha value is -1.76. The van der Waals surface area contributed by atoms with Crippen molar-refractivity contribution in [1.82, 2.24) is 0 Å². The Morgan fingerprint density at radius 1 is 1.45 bits per heavy atom. The molecule has 1 atom stereocenters. The molecule has 0 amide bonds. The molecule has 0 aromatic carbocycles. The SMILES string of the molecule is C=C/C=C(\C=C/C)C1=C/CC=CC(CC(=C)BC)/C=C\1. The van der Waals surface area contributed by atoms with Crippen LogP contribution in [-0.2, 0) is 0 Å². The van der Waals surface area contributed by atoms with Crippen LogP contribution in [0, 0.1) is 5.92 Å². The monoisotopic (exact) mass is 264 g/mol.